The summed E-state index contributed by atoms with van der Waals surface area (Å²) in [7, 11) is 0. The Kier molecular flexibility index (Phi) is 18.4. The second kappa shape index (κ2) is 31.2. The monoisotopic (exact) mass is 1560 g/mol. The van der Waals surface area contributed by atoms with E-state index in [1.165, 1.54) is 71.1 Å². The minimum Gasteiger partial charge on any atom is -0.311 e. The first kappa shape index (κ1) is 72.1. The highest BCUT2D eigenvalue weighted by atomic mass is 15.2. The Balaban J connectivity index is 0.000000152. The summed E-state index contributed by atoms with van der Waals surface area (Å²) in [6.45, 7) is 0. The van der Waals surface area contributed by atoms with E-state index < -0.39 is 0 Å². The van der Waals surface area contributed by atoms with Gasteiger partial charge in [-0.25, -0.2) is 19.9 Å². The molecule has 23 rings (SSSR count). The molecule has 0 spiro atoms. The summed E-state index contributed by atoms with van der Waals surface area (Å²) in [6.07, 6.45) is 3.62. The van der Waals surface area contributed by atoms with Gasteiger partial charge in [-0.3, -0.25) is 9.13 Å². The van der Waals surface area contributed by atoms with E-state index in [1.807, 2.05) is 18.5 Å². The molecule has 0 N–H and O–H groups in total. The first-order valence-corrected chi connectivity index (χ1v) is 41.4. The standard InChI is InChI=1S/C66H44N4.C48H32N4/c1-3-15-45(16-4-1)47-29-36-53(37-30-47)69(54-38-31-48(32-39-54)46-17-5-2-6-18-46)55-40-33-49(34-41-55)52-35-42-65-61(43-52)60-25-11-12-28-64(60)70(65)66-67-62(58-26-13-21-50-19-7-9-23-56(50)58)44-63(68-66)59-27-14-22-51-20-8-10-24-57(51)59;1-3-13-37(14-4-1)51(38-15-5-2-6-16-38)39-24-20-33(21-25-39)34-22-26-43-45-31-36(23-27-46(45)52(47(43)32-34)48-49-28-11-29-50-48)44-30-35-12-7-8-17-40(35)41-18-9-10-19-42(41)44/h1-44H;1-32H. The average molecular weight is 1560 g/mol. The van der Waals surface area contributed by atoms with Crippen molar-refractivity contribution >= 4 is 121 Å². The Bertz CT molecular complexity index is 7600. The maximum absolute atomic E-state index is 5.45. The molecule has 0 aliphatic rings. The largest absolute Gasteiger partial charge is 0.311 e. The van der Waals surface area contributed by atoms with Crippen molar-refractivity contribution in [2.75, 3.05) is 9.80 Å². The molecule has 19 aromatic carbocycles. The SMILES string of the molecule is c1ccc(-c2ccc(N(c3ccc(-c4ccccc4)cc3)c3ccc(-c4ccc5c(c4)c4ccccc4n5-c4nc(-c5cccc6ccccc56)cc(-c5cccc6ccccc56)n4)cc3)cc2)cc1.c1ccc(N(c2ccccc2)c2ccc(-c3ccc4c5cc(-c6cc7ccccc7c7ccccc67)ccc5n(-c5ncccn5)c4c3)cc2)cc1. The quantitative estimate of drug-likeness (QED) is 0.0953. The number of para-hydroxylation sites is 3. The van der Waals surface area contributed by atoms with Gasteiger partial charge in [-0.2, -0.15) is 0 Å². The zero-order valence-electron chi connectivity index (χ0n) is 66.5. The van der Waals surface area contributed by atoms with Gasteiger partial charge in [-0.1, -0.05) is 322 Å². The smallest absolute Gasteiger partial charge is 0.235 e. The van der Waals surface area contributed by atoms with Crippen molar-refractivity contribution in [2.24, 2.45) is 0 Å². The van der Waals surface area contributed by atoms with E-state index in [-0.39, 0.29) is 0 Å². The van der Waals surface area contributed by atoms with E-state index in [9.17, 15) is 0 Å². The summed E-state index contributed by atoms with van der Waals surface area (Å²) >= 11 is 0. The van der Waals surface area contributed by atoms with E-state index >= 15 is 0 Å². The fraction of sp³-hybridized carbons (Fsp3) is 0. The molecule has 0 aliphatic carbocycles. The Morgan fingerprint density at radius 2 is 0.516 bits per heavy atom. The number of hydrogen-bond donors (Lipinski definition) is 0. The van der Waals surface area contributed by atoms with Crippen LogP contribution in [-0.4, -0.2) is 29.1 Å². The zero-order chi connectivity index (χ0) is 80.8. The van der Waals surface area contributed by atoms with Crippen LogP contribution in [-0.2, 0) is 0 Å². The van der Waals surface area contributed by atoms with Crippen LogP contribution in [0.25, 0.3) is 177 Å². The topological polar surface area (TPSA) is 67.9 Å². The molecule has 0 saturated carbocycles. The Morgan fingerprint density at radius 1 is 0.172 bits per heavy atom. The molecular weight excluding hydrogens is 1480 g/mol. The van der Waals surface area contributed by atoms with Gasteiger partial charge in [0.25, 0.3) is 0 Å². The first-order valence-electron chi connectivity index (χ1n) is 41.4. The molecule has 0 amide bonds. The third-order valence-electron chi connectivity index (χ3n) is 23.7. The fourth-order valence-electron chi connectivity index (χ4n) is 17.9. The maximum atomic E-state index is 5.45. The van der Waals surface area contributed by atoms with Crippen LogP contribution >= 0.6 is 0 Å². The van der Waals surface area contributed by atoms with Crippen molar-refractivity contribution in [3.8, 4) is 90.0 Å². The fourth-order valence-corrected chi connectivity index (χ4v) is 17.9. The van der Waals surface area contributed by atoms with Crippen LogP contribution in [0, 0.1) is 0 Å². The second-order valence-corrected chi connectivity index (χ2v) is 30.9. The molecule has 572 valence electrons. The minimum absolute atomic E-state index is 0.630. The molecule has 0 unspecified atom stereocenters. The van der Waals surface area contributed by atoms with Gasteiger partial charge in [0.2, 0.25) is 11.9 Å². The third-order valence-corrected chi connectivity index (χ3v) is 23.7. The van der Waals surface area contributed by atoms with Crippen LogP contribution in [0.4, 0.5) is 34.1 Å². The molecule has 0 bridgehead atoms. The van der Waals surface area contributed by atoms with E-state index in [4.69, 9.17) is 19.9 Å². The molecular formula is C114H76N8. The molecule has 23 aromatic rings. The highest BCUT2D eigenvalue weighted by molar-refractivity contribution is 6.17. The predicted octanol–water partition coefficient (Wildman–Crippen LogP) is 30.4. The van der Waals surface area contributed by atoms with Crippen LogP contribution in [0.5, 0.6) is 0 Å². The molecule has 0 aliphatic heterocycles. The number of anilines is 6. The van der Waals surface area contributed by atoms with E-state index in [2.05, 4.69) is 462 Å². The van der Waals surface area contributed by atoms with Gasteiger partial charge in [0.1, 0.15) is 0 Å². The number of rotatable bonds is 15. The summed E-state index contributed by atoms with van der Waals surface area (Å²) in [5.41, 5.74) is 26.4. The molecule has 4 heterocycles. The van der Waals surface area contributed by atoms with E-state index in [1.54, 1.807) is 0 Å². The zero-order valence-corrected chi connectivity index (χ0v) is 66.5. The lowest BCUT2D eigenvalue weighted by Crippen LogP contribution is -2.09. The van der Waals surface area contributed by atoms with Crippen LogP contribution in [0.1, 0.15) is 0 Å². The number of fused-ring (bicyclic) bond motifs is 11. The van der Waals surface area contributed by atoms with Crippen LogP contribution in [0.15, 0.2) is 461 Å². The Labute approximate surface area is 706 Å². The number of hydrogen-bond acceptors (Lipinski definition) is 6. The minimum atomic E-state index is 0.630. The lowest BCUT2D eigenvalue weighted by Gasteiger charge is -2.26. The van der Waals surface area contributed by atoms with Crippen molar-refractivity contribution in [1.82, 2.24) is 29.1 Å². The van der Waals surface area contributed by atoms with Crippen LogP contribution in [0.2, 0.25) is 0 Å². The summed E-state index contributed by atoms with van der Waals surface area (Å²) in [6, 6.07) is 160. The van der Waals surface area contributed by atoms with Gasteiger partial charge in [0.15, 0.2) is 0 Å². The summed E-state index contributed by atoms with van der Waals surface area (Å²) < 4.78 is 4.43. The highest BCUT2D eigenvalue weighted by Gasteiger charge is 2.23. The van der Waals surface area contributed by atoms with Gasteiger partial charge in [0, 0.05) is 79.2 Å². The normalized spacial score (nSPS) is 11.4. The number of nitrogens with zero attached hydrogens (tertiary/aromatic N) is 8. The van der Waals surface area contributed by atoms with E-state index in [0.717, 1.165) is 128 Å². The molecule has 0 saturated heterocycles. The van der Waals surface area contributed by atoms with Crippen molar-refractivity contribution in [3.63, 3.8) is 0 Å². The van der Waals surface area contributed by atoms with Gasteiger partial charge in [-0.05, 0) is 226 Å². The van der Waals surface area contributed by atoms with Crippen LogP contribution in [0.3, 0.4) is 0 Å². The van der Waals surface area contributed by atoms with Gasteiger partial charge < -0.3 is 9.80 Å². The van der Waals surface area contributed by atoms with Crippen molar-refractivity contribution < 1.29 is 0 Å². The number of benzene rings is 19. The average Bonchev–Trinajstić information content (AvgIpc) is 1.58. The molecule has 0 radical (unpaired) electrons. The molecule has 122 heavy (non-hydrogen) atoms. The highest BCUT2D eigenvalue weighted by Crippen LogP contribution is 2.45. The summed E-state index contributed by atoms with van der Waals surface area (Å²) in [4.78, 5) is 24.9. The molecule has 4 aromatic heterocycles. The third kappa shape index (κ3) is 13.4. The van der Waals surface area contributed by atoms with Crippen LogP contribution < -0.4 is 9.80 Å². The maximum Gasteiger partial charge on any atom is 0.235 e. The second-order valence-electron chi connectivity index (χ2n) is 30.9. The molecule has 8 heteroatoms. The Morgan fingerprint density at radius 3 is 1.03 bits per heavy atom. The van der Waals surface area contributed by atoms with E-state index in [0.29, 0.717) is 11.9 Å². The van der Waals surface area contributed by atoms with Crippen molar-refractivity contribution in [1.29, 1.82) is 0 Å². The first-order chi connectivity index (χ1) is 60.5. The Hall–Kier alpha value is -16.4. The lowest BCUT2D eigenvalue weighted by atomic mass is 9.92. The number of aromatic nitrogens is 6. The van der Waals surface area contributed by atoms with Gasteiger partial charge >= 0.3 is 0 Å². The van der Waals surface area contributed by atoms with Crippen molar-refractivity contribution in [2.45, 2.75) is 0 Å². The summed E-state index contributed by atoms with van der Waals surface area (Å²) in [5.74, 6) is 1.28. The van der Waals surface area contributed by atoms with Gasteiger partial charge in [0.05, 0.1) is 33.5 Å². The van der Waals surface area contributed by atoms with Crippen molar-refractivity contribution in [3.05, 3.63) is 461 Å². The summed E-state index contributed by atoms with van der Waals surface area (Å²) in [5, 5.41) is 14.3. The van der Waals surface area contributed by atoms with Gasteiger partial charge in [-0.15, -0.1) is 0 Å². The molecule has 0 atom stereocenters. The lowest BCUT2D eigenvalue weighted by molar-refractivity contribution is 0.988. The molecule has 8 nitrogen and oxygen atoms in total. The predicted molar refractivity (Wildman–Crippen MR) is 510 cm³/mol. The molecule has 0 fully saturated rings.